The summed E-state index contributed by atoms with van der Waals surface area (Å²) in [6, 6.07) is 5.82. The molecule has 0 fully saturated rings. The van der Waals surface area contributed by atoms with Crippen LogP contribution in [-0.4, -0.2) is 67.2 Å². The quantitative estimate of drug-likeness (QED) is 0.597. The summed E-state index contributed by atoms with van der Waals surface area (Å²) in [5.74, 6) is -0.506. The van der Waals surface area contributed by atoms with Gasteiger partial charge in [0, 0.05) is 19.2 Å². The monoisotopic (exact) mass is 405 g/mol. The molecule has 2 aromatic heterocycles. The molecule has 8 nitrogen and oxygen atoms in total. The molecule has 0 spiro atoms. The van der Waals surface area contributed by atoms with Gasteiger partial charge in [0.05, 0.1) is 24.4 Å². The molecule has 0 N–H and O–H groups in total. The number of nitrogens with zero attached hydrogens (tertiary/aromatic N) is 5. The molecule has 0 aliphatic rings. The maximum absolute atomic E-state index is 13.5. The Bertz CT molecular complexity index is 972. The minimum atomic E-state index is -0.375. The molecule has 0 bridgehead atoms. The fraction of sp³-hybridized carbons (Fsp3) is 0.333. The first-order chi connectivity index (χ1) is 13.4. The van der Waals surface area contributed by atoms with Crippen LogP contribution in [0.5, 0.6) is 11.9 Å². The molecule has 2 heterocycles. The summed E-state index contributed by atoms with van der Waals surface area (Å²) in [5, 5.41) is 0.462. The number of benzene rings is 1. The van der Waals surface area contributed by atoms with Gasteiger partial charge in [-0.05, 0) is 32.3 Å². The number of thiazole rings is 1. The van der Waals surface area contributed by atoms with Crippen LogP contribution in [0.2, 0.25) is 0 Å². The summed E-state index contributed by atoms with van der Waals surface area (Å²) < 4.78 is 24.4. The van der Waals surface area contributed by atoms with Crippen LogP contribution < -0.4 is 14.4 Å². The second-order valence-corrected chi connectivity index (χ2v) is 7.16. The van der Waals surface area contributed by atoms with Gasteiger partial charge in [0.2, 0.25) is 5.88 Å². The molecule has 0 aliphatic heterocycles. The fourth-order valence-corrected chi connectivity index (χ4v) is 3.45. The van der Waals surface area contributed by atoms with E-state index < -0.39 is 0 Å². The van der Waals surface area contributed by atoms with E-state index in [1.165, 1.54) is 48.7 Å². The van der Waals surface area contributed by atoms with Gasteiger partial charge in [-0.2, -0.15) is 9.97 Å². The predicted molar refractivity (Wildman–Crippen MR) is 105 cm³/mol. The van der Waals surface area contributed by atoms with Crippen LogP contribution in [0, 0.1) is 5.82 Å². The van der Waals surface area contributed by atoms with E-state index in [1.54, 1.807) is 6.07 Å². The molecule has 148 valence electrons. The molecule has 3 aromatic rings. The van der Waals surface area contributed by atoms with E-state index in [2.05, 4.69) is 15.0 Å². The number of halogens is 1. The molecule has 10 heteroatoms. The Morgan fingerprint density at radius 1 is 1.11 bits per heavy atom. The van der Waals surface area contributed by atoms with Gasteiger partial charge in [-0.25, -0.2) is 9.37 Å². The zero-order valence-corrected chi connectivity index (χ0v) is 16.8. The Hall–Kier alpha value is -2.85. The number of hydrogen-bond acceptors (Lipinski definition) is 8. The van der Waals surface area contributed by atoms with E-state index in [0.29, 0.717) is 28.4 Å². The lowest BCUT2D eigenvalue weighted by atomic mass is 10.3. The topological polar surface area (TPSA) is 80.7 Å². The minimum Gasteiger partial charge on any atom is -0.481 e. The highest BCUT2D eigenvalue weighted by Gasteiger charge is 2.24. The molecule has 0 radical (unpaired) electrons. The van der Waals surface area contributed by atoms with E-state index in [-0.39, 0.29) is 29.3 Å². The molecule has 28 heavy (non-hydrogen) atoms. The van der Waals surface area contributed by atoms with Crippen LogP contribution in [-0.2, 0) is 0 Å². The number of fused-ring (bicyclic) bond motifs is 1. The smallest absolute Gasteiger partial charge is 0.320 e. The molecule has 1 amide bonds. The third kappa shape index (κ3) is 4.34. The lowest BCUT2D eigenvalue weighted by molar-refractivity contribution is 0.0978. The molecule has 3 rings (SSSR count). The summed E-state index contributed by atoms with van der Waals surface area (Å²) in [7, 11) is 6.68. The molecule has 0 aliphatic carbocycles. The highest BCUT2D eigenvalue weighted by molar-refractivity contribution is 7.22. The van der Waals surface area contributed by atoms with Gasteiger partial charge in [-0.15, -0.1) is 0 Å². The van der Waals surface area contributed by atoms with Crippen molar-refractivity contribution in [2.75, 3.05) is 46.3 Å². The van der Waals surface area contributed by atoms with Crippen molar-refractivity contribution in [2.24, 2.45) is 0 Å². The van der Waals surface area contributed by atoms with E-state index in [0.717, 1.165) is 0 Å². The number of methoxy groups -OCH3 is 2. The summed E-state index contributed by atoms with van der Waals surface area (Å²) in [4.78, 5) is 29.4. The number of ether oxygens (including phenoxy) is 2. The number of anilines is 1. The van der Waals surface area contributed by atoms with Crippen LogP contribution >= 0.6 is 11.3 Å². The van der Waals surface area contributed by atoms with Crippen LogP contribution in [0.3, 0.4) is 0 Å². The Morgan fingerprint density at radius 2 is 1.89 bits per heavy atom. The Labute approximate surface area is 165 Å². The first-order valence-electron chi connectivity index (χ1n) is 8.41. The highest BCUT2D eigenvalue weighted by Crippen LogP contribution is 2.30. The summed E-state index contributed by atoms with van der Waals surface area (Å²) in [5.41, 5.74) is 0.745. The molecule has 1 aromatic carbocycles. The number of aromatic nitrogens is 3. The second kappa shape index (κ2) is 8.44. The number of carbonyl (C=O) groups is 1. The summed E-state index contributed by atoms with van der Waals surface area (Å²) in [6.45, 7) is 0.984. The van der Waals surface area contributed by atoms with Crippen LogP contribution in [0.4, 0.5) is 9.52 Å². The van der Waals surface area contributed by atoms with Crippen molar-refractivity contribution < 1.29 is 18.7 Å². The molecule has 0 atom stereocenters. The van der Waals surface area contributed by atoms with Crippen molar-refractivity contribution in [2.45, 2.75) is 0 Å². The van der Waals surface area contributed by atoms with Gasteiger partial charge in [0.1, 0.15) is 11.5 Å². The second-order valence-electron chi connectivity index (χ2n) is 6.15. The van der Waals surface area contributed by atoms with Crippen molar-refractivity contribution >= 4 is 32.6 Å². The van der Waals surface area contributed by atoms with E-state index in [4.69, 9.17) is 9.47 Å². The molecule has 0 saturated heterocycles. The fourth-order valence-electron chi connectivity index (χ4n) is 2.43. The van der Waals surface area contributed by atoms with E-state index in [9.17, 15) is 9.18 Å². The van der Waals surface area contributed by atoms with Crippen molar-refractivity contribution in [1.29, 1.82) is 0 Å². The first-order valence-corrected chi connectivity index (χ1v) is 9.22. The molecular formula is C18H20FN5O3S. The lowest BCUT2D eigenvalue weighted by Gasteiger charge is -2.21. The SMILES string of the molecule is COc1cc(C(=O)N(CCN(C)C)c2nc3ccc(F)cc3s2)nc(OC)n1. The standard InChI is InChI=1S/C18H20FN5O3S/c1-23(2)7-8-24(18-21-12-6-5-11(19)9-14(12)28-18)16(25)13-10-15(26-3)22-17(20-13)27-4/h5-6,9-10H,7-8H2,1-4H3. The van der Waals surface area contributed by atoms with Crippen molar-refractivity contribution in [3.8, 4) is 11.9 Å². The van der Waals surface area contributed by atoms with E-state index >= 15 is 0 Å². The normalized spacial score (nSPS) is 11.1. The molecule has 0 unspecified atom stereocenters. The van der Waals surface area contributed by atoms with Gasteiger partial charge < -0.3 is 14.4 Å². The molecular weight excluding hydrogens is 385 g/mol. The zero-order chi connectivity index (χ0) is 20.3. The van der Waals surface area contributed by atoms with Crippen molar-refractivity contribution in [3.63, 3.8) is 0 Å². The Morgan fingerprint density at radius 3 is 2.57 bits per heavy atom. The minimum absolute atomic E-state index is 0.0293. The van der Waals surface area contributed by atoms with Gasteiger partial charge in [0.15, 0.2) is 5.13 Å². The predicted octanol–water partition coefficient (Wildman–Crippen LogP) is 2.45. The Kier molecular flexibility index (Phi) is 6.00. The van der Waals surface area contributed by atoms with Gasteiger partial charge in [-0.1, -0.05) is 11.3 Å². The van der Waals surface area contributed by atoms with Crippen LogP contribution in [0.25, 0.3) is 10.2 Å². The number of likely N-dealkylation sites (N-methyl/N-ethyl adjacent to an activating group) is 1. The highest BCUT2D eigenvalue weighted by atomic mass is 32.1. The van der Waals surface area contributed by atoms with E-state index in [1.807, 2.05) is 19.0 Å². The van der Waals surface area contributed by atoms with Crippen molar-refractivity contribution in [1.82, 2.24) is 19.9 Å². The van der Waals surface area contributed by atoms with Gasteiger partial charge >= 0.3 is 6.01 Å². The third-order valence-electron chi connectivity index (χ3n) is 3.88. The van der Waals surface area contributed by atoms with Crippen molar-refractivity contribution in [3.05, 3.63) is 35.8 Å². The van der Waals surface area contributed by atoms with Crippen LogP contribution in [0.1, 0.15) is 10.5 Å². The van der Waals surface area contributed by atoms with Crippen LogP contribution in [0.15, 0.2) is 24.3 Å². The average molecular weight is 405 g/mol. The van der Waals surface area contributed by atoms with Gasteiger partial charge in [0.25, 0.3) is 5.91 Å². The van der Waals surface area contributed by atoms with Gasteiger partial charge in [-0.3, -0.25) is 9.69 Å². The first kappa shape index (κ1) is 19.9. The summed E-state index contributed by atoms with van der Waals surface area (Å²) in [6.07, 6.45) is 0. The average Bonchev–Trinajstić information content (AvgIpc) is 3.09. The number of amides is 1. The maximum Gasteiger partial charge on any atom is 0.320 e. The molecule has 0 saturated carbocycles. The zero-order valence-electron chi connectivity index (χ0n) is 16.0. The third-order valence-corrected chi connectivity index (χ3v) is 4.92. The Balaban J connectivity index is 2.02. The lowest BCUT2D eigenvalue weighted by Crippen LogP contribution is -2.37. The number of carbonyl (C=O) groups excluding carboxylic acids is 1. The maximum atomic E-state index is 13.5. The number of rotatable bonds is 7. The number of hydrogen-bond donors (Lipinski definition) is 0. The largest absolute Gasteiger partial charge is 0.481 e. The summed E-state index contributed by atoms with van der Waals surface area (Å²) >= 11 is 1.24.